The molecule has 1 amide bonds. The van der Waals surface area contributed by atoms with Crippen LogP contribution in [-0.2, 0) is 0 Å². The first-order chi connectivity index (χ1) is 8.99. The lowest BCUT2D eigenvalue weighted by molar-refractivity contribution is 0.102. The summed E-state index contributed by atoms with van der Waals surface area (Å²) < 4.78 is 39.8. The third kappa shape index (κ3) is 2.93. The lowest BCUT2D eigenvalue weighted by atomic mass is 10.2. The van der Waals surface area contributed by atoms with Gasteiger partial charge in [-0.15, -0.1) is 0 Å². The summed E-state index contributed by atoms with van der Waals surface area (Å²) in [4.78, 5) is 15.5. The molecule has 0 radical (unpaired) electrons. The van der Waals surface area contributed by atoms with Crippen molar-refractivity contribution >= 4 is 27.7 Å². The maximum atomic E-state index is 13.4. The van der Waals surface area contributed by atoms with Gasteiger partial charge in [-0.2, -0.15) is 0 Å². The zero-order valence-corrected chi connectivity index (χ0v) is 10.8. The van der Waals surface area contributed by atoms with Crippen molar-refractivity contribution in [1.29, 1.82) is 0 Å². The van der Waals surface area contributed by atoms with Gasteiger partial charge in [0, 0.05) is 10.7 Å². The number of hydrogen-bond donors (Lipinski definition) is 1. The fourth-order valence-electron chi connectivity index (χ4n) is 1.36. The highest BCUT2D eigenvalue weighted by molar-refractivity contribution is 9.10. The first-order valence-electron chi connectivity index (χ1n) is 5.05. The Morgan fingerprint density at radius 2 is 1.89 bits per heavy atom. The van der Waals surface area contributed by atoms with Crippen molar-refractivity contribution in [3.05, 3.63) is 58.0 Å². The summed E-state index contributed by atoms with van der Waals surface area (Å²) in [5.74, 6) is -5.33. The van der Waals surface area contributed by atoms with Crippen LogP contribution >= 0.6 is 15.9 Å². The maximum absolute atomic E-state index is 13.4. The zero-order valence-electron chi connectivity index (χ0n) is 9.25. The van der Waals surface area contributed by atoms with E-state index in [4.69, 9.17) is 0 Å². The Labute approximate surface area is 114 Å². The van der Waals surface area contributed by atoms with Crippen LogP contribution in [0.15, 0.2) is 34.9 Å². The summed E-state index contributed by atoms with van der Waals surface area (Å²) in [6.45, 7) is 0. The number of nitrogens with zero attached hydrogens (tertiary/aromatic N) is 1. The van der Waals surface area contributed by atoms with Gasteiger partial charge in [-0.1, -0.05) is 15.9 Å². The molecule has 0 saturated heterocycles. The predicted molar refractivity (Wildman–Crippen MR) is 66.2 cm³/mol. The van der Waals surface area contributed by atoms with Crippen LogP contribution < -0.4 is 5.32 Å². The molecule has 1 aromatic heterocycles. The van der Waals surface area contributed by atoms with Crippen LogP contribution in [0.3, 0.4) is 0 Å². The Morgan fingerprint density at radius 1 is 1.16 bits per heavy atom. The molecule has 0 aliphatic rings. The number of pyridine rings is 1. The first kappa shape index (κ1) is 13.5. The van der Waals surface area contributed by atoms with E-state index >= 15 is 0 Å². The number of benzene rings is 1. The van der Waals surface area contributed by atoms with E-state index in [1.165, 1.54) is 12.3 Å². The van der Waals surface area contributed by atoms with Crippen LogP contribution in [0.4, 0.5) is 19.0 Å². The summed E-state index contributed by atoms with van der Waals surface area (Å²) in [5.41, 5.74) is -0.597. The number of halogens is 4. The molecule has 0 unspecified atom stereocenters. The van der Waals surface area contributed by atoms with Crippen LogP contribution in [0.5, 0.6) is 0 Å². The van der Waals surface area contributed by atoms with Gasteiger partial charge in [0.2, 0.25) is 0 Å². The number of hydrogen-bond acceptors (Lipinski definition) is 2. The Kier molecular flexibility index (Phi) is 3.84. The molecule has 1 N–H and O–H groups in total. The van der Waals surface area contributed by atoms with Crippen LogP contribution in [-0.4, -0.2) is 10.9 Å². The maximum Gasteiger partial charge on any atom is 0.259 e. The molecule has 7 heteroatoms. The lowest BCUT2D eigenvalue weighted by Crippen LogP contribution is -2.15. The molecular weight excluding hydrogens is 325 g/mol. The van der Waals surface area contributed by atoms with E-state index in [-0.39, 0.29) is 5.82 Å². The quantitative estimate of drug-likeness (QED) is 0.856. The van der Waals surface area contributed by atoms with Crippen LogP contribution in [0.1, 0.15) is 10.4 Å². The average Bonchev–Trinajstić information content (AvgIpc) is 2.36. The molecule has 2 rings (SSSR count). The molecule has 0 bridgehead atoms. The third-order valence-corrected chi connectivity index (χ3v) is 2.74. The van der Waals surface area contributed by atoms with Gasteiger partial charge in [-0.25, -0.2) is 18.2 Å². The van der Waals surface area contributed by atoms with E-state index in [0.29, 0.717) is 10.5 Å². The molecule has 0 aliphatic carbocycles. The van der Waals surface area contributed by atoms with Crippen molar-refractivity contribution in [3.63, 3.8) is 0 Å². The van der Waals surface area contributed by atoms with Gasteiger partial charge in [0.25, 0.3) is 5.91 Å². The minimum atomic E-state index is -1.69. The largest absolute Gasteiger partial charge is 0.306 e. The number of rotatable bonds is 2. The normalized spacial score (nSPS) is 10.3. The fraction of sp³-hybridized carbons (Fsp3) is 0. The molecular formula is C12H6BrF3N2O. The molecule has 0 saturated carbocycles. The van der Waals surface area contributed by atoms with E-state index in [1.807, 2.05) is 0 Å². The van der Waals surface area contributed by atoms with Crippen molar-refractivity contribution < 1.29 is 18.0 Å². The fourth-order valence-corrected chi connectivity index (χ4v) is 1.69. The molecule has 0 fully saturated rings. The highest BCUT2D eigenvalue weighted by Gasteiger charge is 2.19. The Hall–Kier alpha value is -1.89. The second kappa shape index (κ2) is 5.40. The third-order valence-electron chi connectivity index (χ3n) is 2.24. The van der Waals surface area contributed by atoms with E-state index in [2.05, 4.69) is 26.2 Å². The summed E-state index contributed by atoms with van der Waals surface area (Å²) in [6.07, 6.45) is 1.42. The number of nitrogens with one attached hydrogen (secondary N) is 1. The van der Waals surface area contributed by atoms with Crippen LogP contribution in [0, 0.1) is 17.5 Å². The monoisotopic (exact) mass is 330 g/mol. The van der Waals surface area contributed by atoms with Crippen LogP contribution in [0.2, 0.25) is 0 Å². The zero-order chi connectivity index (χ0) is 14.0. The van der Waals surface area contributed by atoms with Crippen molar-refractivity contribution in [3.8, 4) is 0 Å². The standard InChI is InChI=1S/C12H6BrF3N2O/c13-6-3-4-17-9(5-6)18-12(19)7-1-2-8(14)11(16)10(7)15/h1-5H,(H,17,18,19). The smallest absolute Gasteiger partial charge is 0.259 e. The molecule has 1 aromatic carbocycles. The highest BCUT2D eigenvalue weighted by atomic mass is 79.9. The van der Waals surface area contributed by atoms with Gasteiger partial charge in [0.05, 0.1) is 5.56 Å². The molecule has 19 heavy (non-hydrogen) atoms. The van der Waals surface area contributed by atoms with Gasteiger partial charge >= 0.3 is 0 Å². The second-order valence-electron chi connectivity index (χ2n) is 3.54. The Morgan fingerprint density at radius 3 is 2.58 bits per heavy atom. The minimum Gasteiger partial charge on any atom is -0.306 e. The summed E-state index contributed by atoms with van der Waals surface area (Å²) in [7, 11) is 0. The van der Waals surface area contributed by atoms with Crippen molar-refractivity contribution in [2.24, 2.45) is 0 Å². The molecule has 0 spiro atoms. The highest BCUT2D eigenvalue weighted by Crippen LogP contribution is 2.17. The molecule has 98 valence electrons. The van der Waals surface area contributed by atoms with Crippen molar-refractivity contribution in [2.75, 3.05) is 5.32 Å². The second-order valence-corrected chi connectivity index (χ2v) is 4.45. The SMILES string of the molecule is O=C(Nc1cc(Br)ccn1)c1ccc(F)c(F)c1F. The first-order valence-corrected chi connectivity index (χ1v) is 5.84. The van der Waals surface area contributed by atoms with Gasteiger partial charge in [-0.05, 0) is 24.3 Å². The molecule has 3 nitrogen and oxygen atoms in total. The Balaban J connectivity index is 2.28. The van der Waals surface area contributed by atoms with E-state index in [1.54, 1.807) is 6.07 Å². The van der Waals surface area contributed by atoms with Crippen molar-refractivity contribution in [2.45, 2.75) is 0 Å². The number of carbonyl (C=O) groups excluding carboxylic acids is 1. The number of amides is 1. The van der Waals surface area contributed by atoms with E-state index in [0.717, 1.165) is 6.07 Å². The predicted octanol–water partition coefficient (Wildman–Crippen LogP) is 3.51. The minimum absolute atomic E-state index is 0.156. The molecule has 2 aromatic rings. The summed E-state index contributed by atoms with van der Waals surface area (Å²) >= 11 is 3.17. The lowest BCUT2D eigenvalue weighted by Gasteiger charge is -2.06. The van der Waals surface area contributed by atoms with E-state index < -0.39 is 28.9 Å². The summed E-state index contributed by atoms with van der Waals surface area (Å²) in [5, 5.41) is 2.28. The summed E-state index contributed by atoms with van der Waals surface area (Å²) in [6, 6.07) is 4.66. The topological polar surface area (TPSA) is 42.0 Å². The van der Waals surface area contributed by atoms with Crippen molar-refractivity contribution in [1.82, 2.24) is 4.98 Å². The number of carbonyl (C=O) groups is 1. The Bertz CT molecular complexity index is 649. The average molecular weight is 331 g/mol. The van der Waals surface area contributed by atoms with Gasteiger partial charge in [0.15, 0.2) is 17.5 Å². The number of anilines is 1. The number of aromatic nitrogens is 1. The molecule has 0 atom stereocenters. The molecule has 1 heterocycles. The van der Waals surface area contributed by atoms with Gasteiger partial charge < -0.3 is 5.32 Å². The van der Waals surface area contributed by atoms with Gasteiger partial charge in [-0.3, -0.25) is 4.79 Å². The van der Waals surface area contributed by atoms with Gasteiger partial charge in [0.1, 0.15) is 5.82 Å². The molecule has 0 aliphatic heterocycles. The van der Waals surface area contributed by atoms with Crippen LogP contribution in [0.25, 0.3) is 0 Å². The van der Waals surface area contributed by atoms with E-state index in [9.17, 15) is 18.0 Å².